The van der Waals surface area contributed by atoms with Crippen molar-refractivity contribution in [3.8, 4) is 0 Å². The van der Waals surface area contributed by atoms with Crippen molar-refractivity contribution in [1.29, 1.82) is 0 Å². The Morgan fingerprint density at radius 3 is 2.24 bits per heavy atom. The second kappa shape index (κ2) is 8.30. The minimum atomic E-state index is -3.62. The molecule has 0 N–H and O–H groups in total. The Kier molecular flexibility index (Phi) is 7.06. The van der Waals surface area contributed by atoms with E-state index in [1.54, 1.807) is 6.92 Å². The van der Waals surface area contributed by atoms with Crippen molar-refractivity contribution in [1.82, 2.24) is 9.21 Å². The zero-order chi connectivity index (χ0) is 15.9. The number of carbonyl (C=O) groups is 2. The molecule has 0 unspecified atom stereocenters. The molecule has 0 bridgehead atoms. The Balaban J connectivity index is 2.41. The first-order valence-corrected chi connectivity index (χ1v) is 8.42. The zero-order valence-electron chi connectivity index (χ0n) is 12.4. The van der Waals surface area contributed by atoms with Crippen LogP contribution in [0.5, 0.6) is 0 Å². The van der Waals surface area contributed by atoms with E-state index in [9.17, 15) is 18.0 Å². The molecule has 1 saturated heterocycles. The number of methoxy groups -OCH3 is 1. The van der Waals surface area contributed by atoms with Gasteiger partial charge in [0.1, 0.15) is 0 Å². The number of hydrogen-bond acceptors (Lipinski definition) is 7. The van der Waals surface area contributed by atoms with Crippen LogP contribution in [-0.4, -0.2) is 81.8 Å². The Hall–Kier alpha value is -1.19. The van der Waals surface area contributed by atoms with Crippen LogP contribution in [0.1, 0.15) is 13.3 Å². The van der Waals surface area contributed by atoms with Crippen molar-refractivity contribution in [3.63, 3.8) is 0 Å². The number of ether oxygens (including phenoxy) is 2. The number of carbonyl (C=O) groups excluding carboxylic acids is 2. The molecule has 1 aliphatic heterocycles. The lowest BCUT2D eigenvalue weighted by atomic mass is 10.3. The minimum Gasteiger partial charge on any atom is -0.469 e. The highest BCUT2D eigenvalue weighted by molar-refractivity contribution is 7.89. The van der Waals surface area contributed by atoms with Crippen LogP contribution >= 0.6 is 0 Å². The molecular formula is C12H22N2O6S. The van der Waals surface area contributed by atoms with E-state index in [2.05, 4.69) is 9.47 Å². The maximum Gasteiger partial charge on any atom is 0.322 e. The van der Waals surface area contributed by atoms with E-state index in [4.69, 9.17) is 0 Å². The first-order valence-electron chi connectivity index (χ1n) is 6.81. The second-order valence-electron chi connectivity index (χ2n) is 4.63. The average Bonchev–Trinajstić information content (AvgIpc) is 2.44. The summed E-state index contributed by atoms with van der Waals surface area (Å²) in [6.07, 6.45) is 0.284. The van der Waals surface area contributed by atoms with Crippen molar-refractivity contribution in [2.24, 2.45) is 0 Å². The van der Waals surface area contributed by atoms with Crippen LogP contribution in [0.15, 0.2) is 0 Å². The number of hydrogen-bond donors (Lipinski definition) is 0. The number of esters is 2. The minimum absolute atomic E-state index is 0.162. The summed E-state index contributed by atoms with van der Waals surface area (Å²) in [5.41, 5.74) is 0. The molecule has 0 radical (unpaired) electrons. The third-order valence-corrected chi connectivity index (χ3v) is 4.94. The van der Waals surface area contributed by atoms with Gasteiger partial charge in [-0.2, -0.15) is 4.31 Å². The molecule has 21 heavy (non-hydrogen) atoms. The van der Waals surface area contributed by atoms with Crippen LogP contribution in [-0.2, 0) is 29.1 Å². The van der Waals surface area contributed by atoms with Gasteiger partial charge in [-0.25, -0.2) is 8.42 Å². The fourth-order valence-electron chi connectivity index (χ4n) is 2.03. The lowest BCUT2D eigenvalue weighted by molar-refractivity contribution is -0.141. The van der Waals surface area contributed by atoms with E-state index in [-0.39, 0.29) is 19.0 Å². The molecule has 0 aromatic rings. The normalized spacial score (nSPS) is 17.4. The van der Waals surface area contributed by atoms with Gasteiger partial charge in [0.2, 0.25) is 10.0 Å². The predicted octanol–water partition coefficient (Wildman–Crippen LogP) is -0.940. The molecule has 122 valence electrons. The zero-order valence-corrected chi connectivity index (χ0v) is 13.2. The van der Waals surface area contributed by atoms with Crippen LogP contribution < -0.4 is 0 Å². The highest BCUT2D eigenvalue weighted by Crippen LogP contribution is 2.09. The Bertz CT molecular complexity index is 456. The molecule has 1 heterocycles. The molecule has 0 saturated carbocycles. The maximum atomic E-state index is 12.0. The monoisotopic (exact) mass is 322 g/mol. The van der Waals surface area contributed by atoms with E-state index in [0.717, 1.165) is 0 Å². The van der Waals surface area contributed by atoms with Crippen molar-refractivity contribution < 1.29 is 27.5 Å². The third kappa shape index (κ3) is 5.98. The fourth-order valence-corrected chi connectivity index (χ4v) is 3.31. The molecule has 0 spiro atoms. The van der Waals surface area contributed by atoms with E-state index < -0.39 is 21.7 Å². The summed E-state index contributed by atoms with van der Waals surface area (Å²) in [5, 5.41) is 0. The first kappa shape index (κ1) is 17.9. The van der Waals surface area contributed by atoms with Gasteiger partial charge in [-0.05, 0) is 6.92 Å². The SMILES string of the molecule is CCOC(=O)CS(=O)(=O)N1CCN(CCC(=O)OC)CC1. The molecule has 8 nitrogen and oxygen atoms in total. The summed E-state index contributed by atoms with van der Waals surface area (Å²) in [5.74, 6) is -1.64. The molecule has 9 heteroatoms. The van der Waals surface area contributed by atoms with Crippen LogP contribution in [0.25, 0.3) is 0 Å². The van der Waals surface area contributed by atoms with Crippen molar-refractivity contribution in [2.75, 3.05) is 52.2 Å². The number of sulfonamides is 1. The highest BCUT2D eigenvalue weighted by atomic mass is 32.2. The lowest BCUT2D eigenvalue weighted by Gasteiger charge is -2.33. The standard InChI is InChI=1S/C12H22N2O6S/c1-3-20-12(16)10-21(17,18)14-8-6-13(7-9-14)5-4-11(15)19-2/h3-10H2,1-2H3. The quantitative estimate of drug-likeness (QED) is 0.558. The topological polar surface area (TPSA) is 93.2 Å². The Morgan fingerprint density at radius 1 is 1.10 bits per heavy atom. The highest BCUT2D eigenvalue weighted by Gasteiger charge is 2.29. The smallest absolute Gasteiger partial charge is 0.322 e. The van der Waals surface area contributed by atoms with E-state index in [1.807, 2.05) is 4.90 Å². The molecular weight excluding hydrogens is 300 g/mol. The molecule has 0 atom stereocenters. The van der Waals surface area contributed by atoms with Gasteiger partial charge in [-0.1, -0.05) is 0 Å². The molecule has 1 aliphatic rings. The predicted molar refractivity (Wildman–Crippen MR) is 75.1 cm³/mol. The number of nitrogens with zero attached hydrogens (tertiary/aromatic N) is 2. The van der Waals surface area contributed by atoms with Crippen LogP contribution in [0, 0.1) is 0 Å². The van der Waals surface area contributed by atoms with Gasteiger partial charge in [0, 0.05) is 32.7 Å². The van der Waals surface area contributed by atoms with Gasteiger partial charge in [0.25, 0.3) is 0 Å². The average molecular weight is 322 g/mol. The lowest BCUT2D eigenvalue weighted by Crippen LogP contribution is -2.50. The van der Waals surface area contributed by atoms with E-state index in [1.165, 1.54) is 11.4 Å². The van der Waals surface area contributed by atoms with E-state index >= 15 is 0 Å². The summed E-state index contributed by atoms with van der Waals surface area (Å²) < 4.78 is 34.6. The maximum absolute atomic E-state index is 12.0. The van der Waals surface area contributed by atoms with Crippen LogP contribution in [0.2, 0.25) is 0 Å². The first-order chi connectivity index (χ1) is 9.89. The van der Waals surface area contributed by atoms with Crippen LogP contribution in [0.4, 0.5) is 0 Å². The van der Waals surface area contributed by atoms with Crippen LogP contribution in [0.3, 0.4) is 0 Å². The Morgan fingerprint density at radius 2 is 1.71 bits per heavy atom. The summed E-state index contributed by atoms with van der Waals surface area (Å²) >= 11 is 0. The fraction of sp³-hybridized carbons (Fsp3) is 0.833. The van der Waals surface area contributed by atoms with Gasteiger partial charge in [0.05, 0.1) is 20.1 Å². The van der Waals surface area contributed by atoms with E-state index in [0.29, 0.717) is 32.7 Å². The largest absolute Gasteiger partial charge is 0.469 e. The summed E-state index contributed by atoms with van der Waals surface area (Å²) in [6.45, 7) is 4.00. The van der Waals surface area contributed by atoms with Gasteiger partial charge in [0.15, 0.2) is 5.75 Å². The van der Waals surface area contributed by atoms with Crippen molar-refractivity contribution >= 4 is 22.0 Å². The molecule has 0 amide bonds. The molecule has 1 fully saturated rings. The summed E-state index contributed by atoms with van der Waals surface area (Å²) in [4.78, 5) is 24.3. The van der Waals surface area contributed by atoms with Gasteiger partial charge in [-0.3, -0.25) is 9.59 Å². The Labute approximate surface area is 125 Å². The summed E-state index contributed by atoms with van der Waals surface area (Å²) in [7, 11) is -2.29. The molecule has 0 aliphatic carbocycles. The number of piperazine rings is 1. The van der Waals surface area contributed by atoms with Crippen molar-refractivity contribution in [2.45, 2.75) is 13.3 Å². The second-order valence-corrected chi connectivity index (χ2v) is 6.60. The summed E-state index contributed by atoms with van der Waals surface area (Å²) in [6, 6.07) is 0. The molecule has 0 aromatic heterocycles. The molecule has 0 aromatic carbocycles. The third-order valence-electron chi connectivity index (χ3n) is 3.19. The van der Waals surface area contributed by atoms with Gasteiger partial charge >= 0.3 is 11.9 Å². The molecule has 1 rings (SSSR count). The number of rotatable bonds is 7. The van der Waals surface area contributed by atoms with Gasteiger partial charge in [-0.15, -0.1) is 0 Å². The van der Waals surface area contributed by atoms with Crippen molar-refractivity contribution in [3.05, 3.63) is 0 Å². The van der Waals surface area contributed by atoms with Gasteiger partial charge < -0.3 is 14.4 Å².